The van der Waals surface area contributed by atoms with Gasteiger partial charge in [-0.15, -0.1) is 0 Å². The fourth-order valence-electron chi connectivity index (χ4n) is 8.26. The fourth-order valence-corrected chi connectivity index (χ4v) is 8.26. The number of carbonyl (C=O) groups excluding carboxylic acids is 3. The Kier molecular flexibility index (Phi) is 8.41. The molecule has 0 radical (unpaired) electrons. The third-order valence-electron chi connectivity index (χ3n) is 10.8. The predicted molar refractivity (Wildman–Crippen MR) is 177 cm³/mol. The second-order valence-corrected chi connectivity index (χ2v) is 13.4. The molecule has 0 spiro atoms. The molecule has 2 aliphatic heterocycles. The second-order valence-electron chi connectivity index (χ2n) is 13.4. The normalized spacial score (nSPS) is 23.7. The van der Waals surface area contributed by atoms with Gasteiger partial charge in [0.25, 0.3) is 0 Å². The highest BCUT2D eigenvalue weighted by atomic mass is 16.6. The van der Waals surface area contributed by atoms with Gasteiger partial charge in [-0.05, 0) is 74.6 Å². The minimum Gasteiger partial charge on any atom is -0.496 e. The summed E-state index contributed by atoms with van der Waals surface area (Å²) in [4.78, 5) is 43.0. The van der Waals surface area contributed by atoms with Crippen LogP contribution in [-0.2, 0) is 32.1 Å². The van der Waals surface area contributed by atoms with Crippen molar-refractivity contribution in [2.24, 2.45) is 5.92 Å². The number of Topliss-reactive ketones (excluding diaryl/α,β-unsaturated/α-hetero) is 1. The molecule has 0 amide bonds. The quantitative estimate of drug-likeness (QED) is 0.208. The number of methoxy groups -OCH3 is 1. The molecule has 2 fully saturated rings. The Morgan fingerprint density at radius 1 is 1.15 bits per heavy atom. The summed E-state index contributed by atoms with van der Waals surface area (Å²) in [6.45, 7) is 3.02. The van der Waals surface area contributed by atoms with Gasteiger partial charge in [0.05, 0.1) is 37.0 Å². The van der Waals surface area contributed by atoms with E-state index < -0.39 is 30.2 Å². The Labute approximate surface area is 278 Å². The first-order chi connectivity index (χ1) is 23.2. The third-order valence-corrected chi connectivity index (χ3v) is 10.8. The van der Waals surface area contributed by atoms with Crippen molar-refractivity contribution in [2.75, 3.05) is 13.7 Å². The Hall–Kier alpha value is -4.41. The molecule has 2 aromatic carbocycles. The lowest BCUT2D eigenvalue weighted by Crippen LogP contribution is -2.47. The summed E-state index contributed by atoms with van der Waals surface area (Å²) in [5, 5.41) is 23.6. The first-order valence-corrected chi connectivity index (χ1v) is 16.8. The molecule has 0 bridgehead atoms. The van der Waals surface area contributed by atoms with Crippen molar-refractivity contribution in [3.63, 3.8) is 0 Å². The van der Waals surface area contributed by atoms with Crippen molar-refractivity contribution in [3.8, 4) is 17.2 Å². The molecule has 3 unspecified atom stereocenters. The first-order valence-electron chi connectivity index (χ1n) is 16.8. The highest BCUT2D eigenvalue weighted by Crippen LogP contribution is 2.57. The molecule has 3 aromatic rings. The number of ether oxygens (including phenoxy) is 4. The van der Waals surface area contributed by atoms with E-state index in [1.54, 1.807) is 6.92 Å². The summed E-state index contributed by atoms with van der Waals surface area (Å²) in [6.07, 6.45) is 6.93. The number of aldehydes is 1. The van der Waals surface area contributed by atoms with Crippen molar-refractivity contribution in [2.45, 2.75) is 89.4 Å². The zero-order valence-corrected chi connectivity index (χ0v) is 27.5. The van der Waals surface area contributed by atoms with Crippen LogP contribution in [-0.4, -0.2) is 58.7 Å². The van der Waals surface area contributed by atoms with Crippen LogP contribution in [0, 0.1) is 5.92 Å². The molecule has 0 saturated heterocycles. The second kappa shape index (κ2) is 12.6. The standard InChI is InChI=1S/C38H41NO9/c1-4-46-37(43)36-26(18-40)31(22-10-12-29(42)24(16-22)20-9-11-28-21(15-20)13-14-39-28)32-34(45-3)25-17-30(38(2,44)23-7-5-6-8-23)47-33(25)27(19-41)35(32)48-36/h9,11,13-15,18,23-24,30,39,41,44H,4-8,10,12,16-17,19H2,1-3H3. The Morgan fingerprint density at radius 3 is 2.65 bits per heavy atom. The Bertz CT molecular complexity index is 1870. The number of nitrogens with one attached hydrogen (secondary N) is 1. The Morgan fingerprint density at radius 2 is 1.94 bits per heavy atom. The van der Waals surface area contributed by atoms with Crippen LogP contribution in [0.25, 0.3) is 16.5 Å². The maximum Gasteiger partial charge on any atom is 0.375 e. The number of fused-ring (bicyclic) bond motifs is 3. The van der Waals surface area contributed by atoms with E-state index in [1.165, 1.54) is 7.11 Å². The minimum absolute atomic E-state index is 0.000642. The smallest absolute Gasteiger partial charge is 0.375 e. The van der Waals surface area contributed by atoms with E-state index in [2.05, 4.69) is 4.98 Å². The number of rotatable bonds is 8. The van der Waals surface area contributed by atoms with Gasteiger partial charge in [-0.3, -0.25) is 9.59 Å². The van der Waals surface area contributed by atoms with Gasteiger partial charge in [0.15, 0.2) is 6.29 Å². The monoisotopic (exact) mass is 655 g/mol. The molecular weight excluding hydrogens is 614 g/mol. The number of H-pyrrole nitrogens is 1. The molecular formula is C38H41NO9. The van der Waals surface area contributed by atoms with Crippen LogP contribution < -0.4 is 14.2 Å². The number of hydrogen-bond donors (Lipinski definition) is 3. The van der Waals surface area contributed by atoms with Crippen LogP contribution in [0.3, 0.4) is 0 Å². The van der Waals surface area contributed by atoms with Crippen molar-refractivity contribution in [1.29, 1.82) is 0 Å². The van der Waals surface area contributed by atoms with Gasteiger partial charge in [0, 0.05) is 41.6 Å². The highest BCUT2D eigenvalue weighted by molar-refractivity contribution is 6.11. The molecule has 3 atom stereocenters. The Balaban J connectivity index is 1.42. The number of benzene rings is 2. The summed E-state index contributed by atoms with van der Waals surface area (Å²) in [5.41, 5.74) is 3.27. The molecule has 10 nitrogen and oxygen atoms in total. The molecule has 48 heavy (non-hydrogen) atoms. The van der Waals surface area contributed by atoms with E-state index in [1.807, 2.05) is 37.4 Å². The number of hydrogen-bond acceptors (Lipinski definition) is 9. The van der Waals surface area contributed by atoms with Crippen molar-refractivity contribution >= 4 is 34.5 Å². The minimum atomic E-state index is -1.14. The van der Waals surface area contributed by atoms with Crippen molar-refractivity contribution in [1.82, 2.24) is 4.98 Å². The number of aliphatic hydroxyl groups excluding tert-OH is 1. The van der Waals surface area contributed by atoms with Gasteiger partial charge in [-0.2, -0.15) is 0 Å². The fraction of sp³-hybridized carbons (Fsp3) is 0.447. The molecule has 2 saturated carbocycles. The SMILES string of the molecule is CCOC(=O)C1=C(C=O)C(=C2CCC(=O)C(c3ccc4[nH]ccc4c3)C2)c2c(OC)c3c(c(CO)c2O1)OC(C(C)(O)C1CCCC1)C3. The van der Waals surface area contributed by atoms with Gasteiger partial charge in [-0.25, -0.2) is 4.79 Å². The summed E-state index contributed by atoms with van der Waals surface area (Å²) in [7, 11) is 1.52. The lowest BCUT2D eigenvalue weighted by Gasteiger charge is -2.35. The van der Waals surface area contributed by atoms with Crippen LogP contribution in [0.4, 0.5) is 0 Å². The van der Waals surface area contributed by atoms with Gasteiger partial charge < -0.3 is 34.1 Å². The topological polar surface area (TPSA) is 144 Å². The van der Waals surface area contributed by atoms with Crippen LogP contribution in [0.1, 0.15) is 87.0 Å². The van der Waals surface area contributed by atoms with Crippen molar-refractivity contribution < 1.29 is 43.5 Å². The highest BCUT2D eigenvalue weighted by Gasteiger charge is 2.49. The van der Waals surface area contributed by atoms with Gasteiger partial charge >= 0.3 is 5.97 Å². The number of carbonyl (C=O) groups is 3. The van der Waals surface area contributed by atoms with Gasteiger partial charge in [0.1, 0.15) is 34.7 Å². The number of aromatic nitrogens is 1. The van der Waals surface area contributed by atoms with Crippen LogP contribution >= 0.6 is 0 Å². The van der Waals surface area contributed by atoms with Crippen molar-refractivity contribution in [3.05, 3.63) is 69.6 Å². The van der Waals surface area contributed by atoms with Gasteiger partial charge in [-0.1, -0.05) is 24.5 Å². The molecule has 2 aliphatic carbocycles. The molecule has 3 heterocycles. The summed E-state index contributed by atoms with van der Waals surface area (Å²) < 4.78 is 24.1. The summed E-state index contributed by atoms with van der Waals surface area (Å²) >= 11 is 0. The predicted octanol–water partition coefficient (Wildman–Crippen LogP) is 5.61. The van der Waals surface area contributed by atoms with Crippen LogP contribution in [0.2, 0.25) is 0 Å². The number of aliphatic hydroxyl groups is 2. The molecule has 10 heteroatoms. The van der Waals surface area contributed by atoms with E-state index in [-0.39, 0.29) is 47.4 Å². The number of allylic oxidation sites excluding steroid dienone is 3. The molecule has 1 aromatic heterocycles. The van der Waals surface area contributed by atoms with E-state index in [0.717, 1.165) is 47.7 Å². The molecule has 4 aliphatic rings. The van der Waals surface area contributed by atoms with Crippen LogP contribution in [0.15, 0.2) is 47.4 Å². The number of aromatic amines is 1. The maximum atomic E-state index is 13.5. The first kappa shape index (κ1) is 32.2. The number of esters is 1. The van der Waals surface area contributed by atoms with E-state index in [9.17, 15) is 24.6 Å². The zero-order chi connectivity index (χ0) is 33.7. The summed E-state index contributed by atoms with van der Waals surface area (Å²) in [5.74, 6) is -0.588. The third kappa shape index (κ3) is 5.13. The maximum absolute atomic E-state index is 13.5. The van der Waals surface area contributed by atoms with E-state index in [0.29, 0.717) is 53.7 Å². The van der Waals surface area contributed by atoms with Crippen LogP contribution in [0.5, 0.6) is 17.2 Å². The largest absolute Gasteiger partial charge is 0.496 e. The lowest BCUT2D eigenvalue weighted by molar-refractivity contribution is -0.141. The molecule has 3 N–H and O–H groups in total. The number of ketones is 1. The summed E-state index contributed by atoms with van der Waals surface area (Å²) in [6, 6.07) is 7.86. The van der Waals surface area contributed by atoms with E-state index >= 15 is 0 Å². The average molecular weight is 656 g/mol. The average Bonchev–Trinajstić information content (AvgIpc) is 3.88. The molecule has 7 rings (SSSR count). The van der Waals surface area contributed by atoms with Gasteiger partial charge in [0.2, 0.25) is 5.76 Å². The molecule has 252 valence electrons. The zero-order valence-electron chi connectivity index (χ0n) is 27.5. The van der Waals surface area contributed by atoms with E-state index in [4.69, 9.17) is 18.9 Å². The lowest BCUT2D eigenvalue weighted by atomic mass is 9.75.